The number of rotatable bonds is 2. The molecule has 6 aliphatic rings. The summed E-state index contributed by atoms with van der Waals surface area (Å²) in [5.74, 6) is 3.09. The summed E-state index contributed by atoms with van der Waals surface area (Å²) in [6.07, 6.45) is 4.62. The van der Waals surface area contributed by atoms with Crippen LogP contribution in [0.3, 0.4) is 0 Å². The average Bonchev–Trinajstić information content (AvgIpc) is 3.28. The fourth-order valence-corrected chi connectivity index (χ4v) is 12.8. The molecule has 0 N–H and O–H groups in total. The van der Waals surface area contributed by atoms with Crippen LogP contribution in [0, 0.1) is 13.8 Å². The van der Waals surface area contributed by atoms with Gasteiger partial charge in [0.05, 0.1) is 0 Å². The summed E-state index contributed by atoms with van der Waals surface area (Å²) in [7, 11) is 0. The minimum Gasteiger partial charge on any atom is -0.440 e. The van der Waals surface area contributed by atoms with Gasteiger partial charge >= 0.3 is 0 Å². The number of aromatic nitrogens is 2. The van der Waals surface area contributed by atoms with Crippen LogP contribution < -0.4 is 52.1 Å². The minimum absolute atomic E-state index is 0.0306. The van der Waals surface area contributed by atoms with E-state index in [1.54, 1.807) is 0 Å². The second-order valence-corrected chi connectivity index (χ2v) is 22.8. The van der Waals surface area contributed by atoms with Crippen molar-refractivity contribution in [1.29, 1.82) is 0 Å². The van der Waals surface area contributed by atoms with Gasteiger partial charge in [-0.15, -0.1) is 0 Å². The van der Waals surface area contributed by atoms with E-state index in [9.17, 15) is 0 Å². The molecule has 13 rings (SSSR count). The lowest BCUT2D eigenvalue weighted by atomic mass is 9.31. The number of hydrogen-bond acceptors (Lipinski definition) is 6. The third-order valence-corrected chi connectivity index (χ3v) is 16.7. The zero-order chi connectivity index (χ0) is 45.4. The first-order valence-corrected chi connectivity index (χ1v) is 24.1. The normalized spacial score (nSPS) is 18.8. The van der Waals surface area contributed by atoms with E-state index in [0.29, 0.717) is 11.8 Å². The molecule has 0 saturated heterocycles. The second kappa shape index (κ2) is 13.2. The Morgan fingerprint density at radius 2 is 0.818 bits per heavy atom. The van der Waals surface area contributed by atoms with Crippen molar-refractivity contribution in [3.05, 3.63) is 143 Å². The third-order valence-electron chi connectivity index (χ3n) is 16.7. The summed E-state index contributed by atoms with van der Waals surface area (Å²) in [6.45, 7) is 23.4. The summed E-state index contributed by atoms with van der Waals surface area (Å²) in [6, 6.07) is 41.4. The maximum absolute atomic E-state index is 6.82. The van der Waals surface area contributed by atoms with Crippen LogP contribution in [-0.2, 0) is 21.7 Å². The van der Waals surface area contributed by atoms with Gasteiger partial charge in [0.1, 0.15) is 11.5 Å². The first-order valence-electron chi connectivity index (χ1n) is 24.1. The zero-order valence-electron chi connectivity index (χ0n) is 40.0. The Morgan fingerprint density at radius 3 is 1.24 bits per heavy atom. The van der Waals surface area contributed by atoms with Crippen molar-refractivity contribution in [3.63, 3.8) is 0 Å². The van der Waals surface area contributed by atoms with Gasteiger partial charge in [0.15, 0.2) is 0 Å². The summed E-state index contributed by atoms with van der Waals surface area (Å²) in [4.78, 5) is 15.4. The molecule has 4 aliphatic heterocycles. The smallest absolute Gasteiger partial charge is 0.258 e. The van der Waals surface area contributed by atoms with Crippen LogP contribution in [0.25, 0.3) is 0 Å². The molecule has 2 aliphatic carbocycles. The number of ether oxygens (including phenoxy) is 2. The average molecular weight is 863 g/mol. The van der Waals surface area contributed by atoms with Crippen LogP contribution in [0.2, 0.25) is 0 Å². The lowest BCUT2D eigenvalue weighted by Gasteiger charge is -2.45. The van der Waals surface area contributed by atoms with Gasteiger partial charge in [0.25, 0.3) is 13.4 Å². The fraction of sp³-hybridized carbons (Fsp3) is 0.310. The molecular formula is C58H56B2N4O2. The molecular weight excluding hydrogens is 806 g/mol. The Morgan fingerprint density at radius 1 is 0.424 bits per heavy atom. The molecule has 2 aromatic heterocycles. The maximum atomic E-state index is 6.82. The molecule has 0 bridgehead atoms. The summed E-state index contributed by atoms with van der Waals surface area (Å²) in [5.41, 5.74) is 21.8. The second-order valence-electron chi connectivity index (χ2n) is 22.8. The molecule has 0 amide bonds. The molecule has 0 saturated carbocycles. The van der Waals surface area contributed by atoms with Gasteiger partial charge < -0.3 is 19.3 Å². The topological polar surface area (TPSA) is 50.7 Å². The van der Waals surface area contributed by atoms with Gasteiger partial charge in [-0.05, 0) is 160 Å². The Kier molecular flexibility index (Phi) is 8.01. The quantitative estimate of drug-likeness (QED) is 0.161. The summed E-state index contributed by atoms with van der Waals surface area (Å²) in [5, 5.41) is 0. The lowest BCUT2D eigenvalue weighted by Crippen LogP contribution is -2.64. The number of para-hydroxylation sites is 2. The van der Waals surface area contributed by atoms with Crippen molar-refractivity contribution >= 4 is 80.3 Å². The van der Waals surface area contributed by atoms with Gasteiger partial charge in [-0.2, -0.15) is 0 Å². The van der Waals surface area contributed by atoms with E-state index in [-0.39, 0.29) is 35.1 Å². The number of benzene rings is 5. The highest BCUT2D eigenvalue weighted by molar-refractivity contribution is 7.02. The van der Waals surface area contributed by atoms with Gasteiger partial charge in [0, 0.05) is 56.4 Å². The Balaban J connectivity index is 1.15. The van der Waals surface area contributed by atoms with Crippen LogP contribution in [0.15, 0.2) is 109 Å². The molecule has 66 heavy (non-hydrogen) atoms. The highest BCUT2D eigenvalue weighted by Crippen LogP contribution is 2.52. The van der Waals surface area contributed by atoms with Crippen molar-refractivity contribution in [2.45, 2.75) is 117 Å². The number of pyridine rings is 2. The number of hydrogen-bond donors (Lipinski definition) is 0. The number of nitrogens with zero attached hydrogens (tertiary/aromatic N) is 4. The monoisotopic (exact) mass is 862 g/mol. The number of fused-ring (bicyclic) bond motifs is 10. The van der Waals surface area contributed by atoms with E-state index in [1.807, 2.05) is 0 Å². The van der Waals surface area contributed by atoms with E-state index in [2.05, 4.69) is 188 Å². The molecule has 0 radical (unpaired) electrons. The molecule has 6 heterocycles. The van der Waals surface area contributed by atoms with Crippen molar-refractivity contribution in [3.8, 4) is 23.3 Å². The predicted octanol–water partition coefficient (Wildman–Crippen LogP) is 10.6. The zero-order valence-corrected chi connectivity index (χ0v) is 40.0. The molecule has 0 atom stereocenters. The fourth-order valence-electron chi connectivity index (χ4n) is 12.8. The SMILES string of the molecule is Cc1cc2c3c(n1)Oc1ccccc1B3c1cc3c(cc1N2c1ccc2c(c1)C(C)(C)CCC2(C)C)N(c1ccc2c(c1)C(C)(C)CCC2(C)C)c1cc(C)nc2c1B3c1ccccc1O2. The van der Waals surface area contributed by atoms with Crippen LogP contribution in [0.5, 0.6) is 23.3 Å². The molecule has 0 fully saturated rings. The maximum Gasteiger partial charge on any atom is 0.258 e. The standard InChI is InChI=1S/C58H56B2N4O2/c1-33-27-47-51-53(61-33)65-49-17-13-11-15-41(49)59(51)43-31-44-46(32-45(43)63(47)35-19-21-37-39(29-35)57(7,8)25-23-55(37,3)4)64(36-20-22-38-40(30-36)58(9,10)26-24-56(38,5)6)48-28-34(2)62-54-52(48)60(44)42-16-12-14-18-50(42)66-54/h11-22,27-32H,23-26H2,1-10H3. The van der Waals surface area contributed by atoms with Gasteiger partial charge in [-0.3, -0.25) is 0 Å². The Labute approximate surface area is 390 Å². The van der Waals surface area contributed by atoms with Crippen LogP contribution in [-0.4, -0.2) is 23.4 Å². The van der Waals surface area contributed by atoms with Crippen LogP contribution in [0.4, 0.5) is 34.1 Å². The van der Waals surface area contributed by atoms with Crippen molar-refractivity contribution < 1.29 is 9.47 Å². The van der Waals surface area contributed by atoms with Gasteiger partial charge in [-0.1, -0.05) is 110 Å². The van der Waals surface area contributed by atoms with E-state index in [0.717, 1.165) is 80.3 Å². The van der Waals surface area contributed by atoms with Crippen molar-refractivity contribution in [2.75, 3.05) is 9.80 Å². The van der Waals surface area contributed by atoms with E-state index in [1.165, 1.54) is 57.4 Å². The molecule has 0 spiro atoms. The van der Waals surface area contributed by atoms with E-state index >= 15 is 0 Å². The number of anilines is 6. The molecule has 7 aromatic rings. The Bertz CT molecular complexity index is 3080. The largest absolute Gasteiger partial charge is 0.440 e. The van der Waals surface area contributed by atoms with Crippen molar-refractivity contribution in [1.82, 2.24) is 9.97 Å². The first kappa shape index (κ1) is 40.0. The summed E-state index contributed by atoms with van der Waals surface area (Å²) >= 11 is 0. The first-order chi connectivity index (χ1) is 31.5. The van der Waals surface area contributed by atoms with Gasteiger partial charge in [0.2, 0.25) is 11.8 Å². The van der Waals surface area contributed by atoms with E-state index < -0.39 is 0 Å². The minimum atomic E-state index is -0.107. The lowest BCUT2D eigenvalue weighted by molar-refractivity contribution is 0.332. The van der Waals surface area contributed by atoms with Gasteiger partial charge in [-0.25, -0.2) is 9.97 Å². The van der Waals surface area contributed by atoms with Crippen LogP contribution in [0.1, 0.15) is 115 Å². The summed E-state index contributed by atoms with van der Waals surface area (Å²) < 4.78 is 13.6. The highest BCUT2D eigenvalue weighted by Gasteiger charge is 2.49. The molecule has 326 valence electrons. The molecule has 0 unspecified atom stereocenters. The predicted molar refractivity (Wildman–Crippen MR) is 274 cm³/mol. The van der Waals surface area contributed by atoms with Crippen LogP contribution >= 0.6 is 0 Å². The van der Waals surface area contributed by atoms with Crippen molar-refractivity contribution in [2.24, 2.45) is 0 Å². The highest BCUT2D eigenvalue weighted by atomic mass is 16.5. The third kappa shape index (κ3) is 5.50. The van der Waals surface area contributed by atoms with E-state index in [4.69, 9.17) is 19.4 Å². The molecule has 6 nitrogen and oxygen atoms in total. The molecule has 5 aromatic carbocycles. The molecule has 8 heteroatoms. The Hall–Kier alpha value is -6.27. The number of aryl methyl sites for hydroxylation is 2.